The van der Waals surface area contributed by atoms with E-state index in [-0.39, 0.29) is 16.7 Å². The second-order valence-corrected chi connectivity index (χ2v) is 5.55. The number of rotatable bonds is 5. The summed E-state index contributed by atoms with van der Waals surface area (Å²) in [5.74, 6) is 0. The van der Waals surface area contributed by atoms with Crippen LogP contribution < -0.4 is 11.1 Å². The molecule has 1 atom stereocenters. The molecule has 1 heterocycles. The lowest BCUT2D eigenvalue weighted by Crippen LogP contribution is -2.28. The summed E-state index contributed by atoms with van der Waals surface area (Å²) in [6, 6.07) is 3.33. The van der Waals surface area contributed by atoms with Gasteiger partial charge in [0, 0.05) is 18.7 Å². The predicted molar refractivity (Wildman–Crippen MR) is 77.8 cm³/mol. The molecule has 0 amide bonds. The molecule has 1 aromatic carbocycles. The zero-order chi connectivity index (χ0) is 14.0. The van der Waals surface area contributed by atoms with E-state index < -0.39 is 0 Å². The number of hydrogen-bond acceptors (Lipinski definition) is 6. The number of aryl methyl sites for hydroxylation is 1. The molecule has 0 radical (unpaired) electrons. The van der Waals surface area contributed by atoms with Crippen molar-refractivity contribution in [2.45, 2.75) is 26.3 Å². The molecule has 2 aromatic rings. The van der Waals surface area contributed by atoms with Gasteiger partial charge in [-0.05, 0) is 19.4 Å². The van der Waals surface area contributed by atoms with Crippen molar-refractivity contribution >= 4 is 32.9 Å². The minimum Gasteiger partial charge on any atom is -0.375 e. The van der Waals surface area contributed by atoms with E-state index in [1.165, 1.54) is 11.3 Å². The number of nitrogens with zero attached hydrogens (tertiary/aromatic N) is 2. The second kappa shape index (κ2) is 5.50. The van der Waals surface area contributed by atoms with Gasteiger partial charge in [-0.2, -0.15) is 0 Å². The number of nitrogens with one attached hydrogen (secondary N) is 1. The normalized spacial score (nSPS) is 12.6. The van der Waals surface area contributed by atoms with Crippen molar-refractivity contribution in [1.29, 1.82) is 0 Å². The monoisotopic (exact) mass is 280 g/mol. The number of anilines is 1. The highest BCUT2D eigenvalue weighted by atomic mass is 32.1. The van der Waals surface area contributed by atoms with Gasteiger partial charge < -0.3 is 11.1 Å². The van der Waals surface area contributed by atoms with Crippen molar-refractivity contribution in [3.63, 3.8) is 0 Å². The first-order chi connectivity index (χ1) is 9.05. The molecule has 0 spiro atoms. The summed E-state index contributed by atoms with van der Waals surface area (Å²) >= 11 is 1.45. The number of nitro groups is 1. The maximum atomic E-state index is 11.1. The number of aromatic nitrogens is 1. The van der Waals surface area contributed by atoms with E-state index in [9.17, 15) is 10.1 Å². The third-order valence-corrected chi connectivity index (χ3v) is 3.88. The Labute approximate surface area is 114 Å². The fraction of sp³-hybridized carbons (Fsp3) is 0.417. The highest BCUT2D eigenvalue weighted by Crippen LogP contribution is 2.33. The molecule has 2 rings (SSSR count). The SMILES string of the molecule is CCC(CN)Nc1cc2nc(C)sc2cc1[N+](=O)[O-]. The summed E-state index contributed by atoms with van der Waals surface area (Å²) in [6.07, 6.45) is 0.807. The Morgan fingerprint density at radius 1 is 1.58 bits per heavy atom. The van der Waals surface area contributed by atoms with Gasteiger partial charge in [0.2, 0.25) is 0 Å². The van der Waals surface area contributed by atoms with Crippen molar-refractivity contribution in [1.82, 2.24) is 4.98 Å². The van der Waals surface area contributed by atoms with Gasteiger partial charge in [-0.3, -0.25) is 10.1 Å². The Bertz CT molecular complexity index is 607. The van der Waals surface area contributed by atoms with E-state index in [1.807, 2.05) is 13.8 Å². The quantitative estimate of drug-likeness (QED) is 0.648. The van der Waals surface area contributed by atoms with E-state index in [4.69, 9.17) is 5.73 Å². The molecule has 1 unspecified atom stereocenters. The summed E-state index contributed by atoms with van der Waals surface area (Å²) in [6.45, 7) is 4.31. The van der Waals surface area contributed by atoms with Crippen molar-refractivity contribution in [3.8, 4) is 0 Å². The third-order valence-electron chi connectivity index (χ3n) is 2.95. The molecule has 7 heteroatoms. The van der Waals surface area contributed by atoms with Gasteiger partial charge in [-0.25, -0.2) is 4.98 Å². The Morgan fingerprint density at radius 3 is 2.89 bits per heavy atom. The molecule has 6 nitrogen and oxygen atoms in total. The van der Waals surface area contributed by atoms with Crippen LogP contribution >= 0.6 is 11.3 Å². The first-order valence-corrected chi connectivity index (χ1v) is 6.89. The average Bonchev–Trinajstić information content (AvgIpc) is 2.73. The fourth-order valence-corrected chi connectivity index (χ4v) is 2.73. The predicted octanol–water partition coefficient (Wildman–Crippen LogP) is 2.66. The molecule has 0 aliphatic heterocycles. The molecular weight excluding hydrogens is 264 g/mol. The van der Waals surface area contributed by atoms with Crippen LogP contribution in [0.1, 0.15) is 18.4 Å². The Balaban J connectivity index is 2.49. The first-order valence-electron chi connectivity index (χ1n) is 6.07. The standard InChI is InChI=1S/C12H16N4O2S/c1-3-8(6-13)15-9-4-10-12(19-7(2)14-10)5-11(9)16(17)18/h4-5,8,15H,3,6,13H2,1-2H3. The van der Waals surface area contributed by atoms with Gasteiger partial charge in [0.15, 0.2) is 0 Å². The Morgan fingerprint density at radius 2 is 2.32 bits per heavy atom. The van der Waals surface area contributed by atoms with Crippen molar-refractivity contribution in [2.24, 2.45) is 5.73 Å². The molecular formula is C12H16N4O2S. The number of nitro benzene ring substituents is 1. The van der Waals surface area contributed by atoms with Crippen LogP contribution in [-0.4, -0.2) is 22.5 Å². The molecule has 0 aliphatic carbocycles. The van der Waals surface area contributed by atoms with Gasteiger partial charge in [-0.1, -0.05) is 6.92 Å². The molecule has 19 heavy (non-hydrogen) atoms. The van der Waals surface area contributed by atoms with Crippen LogP contribution in [0.3, 0.4) is 0 Å². The van der Waals surface area contributed by atoms with Crippen LogP contribution in [0.4, 0.5) is 11.4 Å². The Hall–Kier alpha value is -1.73. The molecule has 1 aromatic heterocycles. The highest BCUT2D eigenvalue weighted by molar-refractivity contribution is 7.18. The summed E-state index contributed by atoms with van der Waals surface area (Å²) in [4.78, 5) is 15.1. The zero-order valence-electron chi connectivity index (χ0n) is 10.8. The third kappa shape index (κ3) is 2.82. The number of benzene rings is 1. The smallest absolute Gasteiger partial charge is 0.293 e. The van der Waals surface area contributed by atoms with Gasteiger partial charge in [0.1, 0.15) is 5.69 Å². The van der Waals surface area contributed by atoms with E-state index in [2.05, 4.69) is 10.3 Å². The van der Waals surface area contributed by atoms with E-state index in [0.717, 1.165) is 21.6 Å². The summed E-state index contributed by atoms with van der Waals surface area (Å²) in [5, 5.41) is 15.2. The van der Waals surface area contributed by atoms with E-state index in [1.54, 1.807) is 12.1 Å². The largest absolute Gasteiger partial charge is 0.375 e. The topological polar surface area (TPSA) is 94.1 Å². The maximum absolute atomic E-state index is 11.1. The number of nitrogens with two attached hydrogens (primary N) is 1. The van der Waals surface area contributed by atoms with Crippen LogP contribution in [-0.2, 0) is 0 Å². The number of thiazole rings is 1. The highest BCUT2D eigenvalue weighted by Gasteiger charge is 2.18. The van der Waals surface area contributed by atoms with Crippen LogP contribution in [0.25, 0.3) is 10.2 Å². The van der Waals surface area contributed by atoms with Gasteiger partial charge in [0.25, 0.3) is 5.69 Å². The molecule has 0 saturated carbocycles. The summed E-state index contributed by atoms with van der Waals surface area (Å²) < 4.78 is 0.829. The molecule has 0 aliphatic rings. The average molecular weight is 280 g/mol. The molecule has 102 valence electrons. The van der Waals surface area contributed by atoms with Crippen LogP contribution in [0.15, 0.2) is 12.1 Å². The van der Waals surface area contributed by atoms with Crippen molar-refractivity contribution < 1.29 is 4.92 Å². The second-order valence-electron chi connectivity index (χ2n) is 4.31. The molecule has 3 N–H and O–H groups in total. The van der Waals surface area contributed by atoms with E-state index >= 15 is 0 Å². The maximum Gasteiger partial charge on any atom is 0.293 e. The lowest BCUT2D eigenvalue weighted by atomic mass is 10.2. The van der Waals surface area contributed by atoms with Gasteiger partial charge >= 0.3 is 0 Å². The Kier molecular flexibility index (Phi) is 3.96. The van der Waals surface area contributed by atoms with Crippen LogP contribution in [0, 0.1) is 17.0 Å². The lowest BCUT2D eigenvalue weighted by Gasteiger charge is -2.15. The van der Waals surface area contributed by atoms with Gasteiger partial charge in [0.05, 0.1) is 20.1 Å². The molecule has 0 fully saturated rings. The molecule has 0 saturated heterocycles. The minimum atomic E-state index is -0.375. The van der Waals surface area contributed by atoms with Crippen molar-refractivity contribution in [2.75, 3.05) is 11.9 Å². The summed E-state index contributed by atoms with van der Waals surface area (Å²) in [7, 11) is 0. The van der Waals surface area contributed by atoms with Crippen LogP contribution in [0.5, 0.6) is 0 Å². The first kappa shape index (κ1) is 13.7. The number of hydrogen-bond donors (Lipinski definition) is 2. The number of fused-ring (bicyclic) bond motifs is 1. The van der Waals surface area contributed by atoms with Gasteiger partial charge in [-0.15, -0.1) is 11.3 Å². The summed E-state index contributed by atoms with van der Waals surface area (Å²) in [5.41, 5.74) is 6.97. The fourth-order valence-electron chi connectivity index (χ4n) is 1.89. The van der Waals surface area contributed by atoms with Crippen molar-refractivity contribution in [3.05, 3.63) is 27.3 Å². The van der Waals surface area contributed by atoms with E-state index in [0.29, 0.717) is 12.2 Å². The lowest BCUT2D eigenvalue weighted by molar-refractivity contribution is -0.383. The van der Waals surface area contributed by atoms with Crippen LogP contribution in [0.2, 0.25) is 0 Å². The minimum absolute atomic E-state index is 0.0240. The zero-order valence-corrected chi connectivity index (χ0v) is 11.7. The molecule has 0 bridgehead atoms.